The van der Waals surface area contributed by atoms with Crippen molar-refractivity contribution in [2.45, 2.75) is 0 Å². The number of nitrogens with one attached hydrogen (secondary N) is 2. The second-order valence-electron chi connectivity index (χ2n) is 2.77. The monoisotopic (exact) mass is 277 g/mol. The van der Waals surface area contributed by atoms with Gasteiger partial charge in [-0.25, -0.2) is 0 Å². The molecule has 16 heavy (non-hydrogen) atoms. The predicted molar refractivity (Wildman–Crippen MR) is 70.5 cm³/mol. The molecule has 1 aromatic carbocycles. The van der Waals surface area contributed by atoms with Crippen LogP contribution in [0.25, 0.3) is 0 Å². The summed E-state index contributed by atoms with van der Waals surface area (Å²) in [4.78, 5) is 0. The molecule has 0 aliphatic rings. The van der Waals surface area contributed by atoms with Gasteiger partial charge in [0, 0.05) is 17.6 Å². The fourth-order valence-electron chi connectivity index (χ4n) is 0.901. The Hall–Kier alpha value is -1.04. The number of thiocarbonyl (C=S) groups is 1. The van der Waals surface area contributed by atoms with Crippen molar-refractivity contribution in [1.82, 2.24) is 10.7 Å². The maximum atomic E-state index is 9.59. The first-order valence-corrected chi connectivity index (χ1v) is 5.40. The van der Waals surface area contributed by atoms with E-state index in [0.29, 0.717) is 15.7 Å². The molecule has 0 aromatic heterocycles. The summed E-state index contributed by atoms with van der Waals surface area (Å²) in [6.45, 7) is 0. The molecular weight excluding hydrogens is 269 g/mol. The van der Waals surface area contributed by atoms with Crippen LogP contribution in [-0.2, 0) is 0 Å². The molecule has 0 atom stereocenters. The van der Waals surface area contributed by atoms with Crippen molar-refractivity contribution in [3.8, 4) is 5.75 Å². The standard InChI is InChI=1S/C9H9Cl2N3OS/c1-12-9(16)14-13-4-5-2-6(10)3-7(11)8(5)15/h2-4,15H,1H3,(H2,12,14,16)/b13-4-. The molecule has 86 valence electrons. The van der Waals surface area contributed by atoms with E-state index in [1.54, 1.807) is 7.05 Å². The van der Waals surface area contributed by atoms with Crippen molar-refractivity contribution in [2.75, 3.05) is 7.05 Å². The molecule has 0 saturated heterocycles. The lowest BCUT2D eigenvalue weighted by molar-refractivity contribution is 0.474. The number of phenolic OH excluding ortho intramolecular Hbond substituents is 1. The highest BCUT2D eigenvalue weighted by Crippen LogP contribution is 2.29. The van der Waals surface area contributed by atoms with Crippen LogP contribution in [0, 0.1) is 0 Å². The van der Waals surface area contributed by atoms with E-state index < -0.39 is 0 Å². The largest absolute Gasteiger partial charge is 0.506 e. The average molecular weight is 278 g/mol. The summed E-state index contributed by atoms with van der Waals surface area (Å²) < 4.78 is 0. The highest BCUT2D eigenvalue weighted by molar-refractivity contribution is 7.80. The van der Waals surface area contributed by atoms with Crippen molar-refractivity contribution in [3.05, 3.63) is 27.7 Å². The molecule has 0 unspecified atom stereocenters. The van der Waals surface area contributed by atoms with Crippen LogP contribution in [0.4, 0.5) is 0 Å². The highest BCUT2D eigenvalue weighted by Gasteiger charge is 2.05. The molecule has 7 heteroatoms. The Bertz CT molecular complexity index is 437. The quantitative estimate of drug-likeness (QED) is 0.440. The maximum Gasteiger partial charge on any atom is 0.186 e. The number of hydrogen-bond acceptors (Lipinski definition) is 3. The van der Waals surface area contributed by atoms with E-state index in [-0.39, 0.29) is 10.8 Å². The van der Waals surface area contributed by atoms with E-state index in [4.69, 9.17) is 35.4 Å². The number of hydrogen-bond donors (Lipinski definition) is 3. The topological polar surface area (TPSA) is 56.7 Å². The zero-order valence-corrected chi connectivity index (χ0v) is 10.6. The summed E-state index contributed by atoms with van der Waals surface area (Å²) in [5.74, 6) is -0.0769. The van der Waals surface area contributed by atoms with Crippen molar-refractivity contribution in [2.24, 2.45) is 5.10 Å². The lowest BCUT2D eigenvalue weighted by Gasteiger charge is -2.03. The maximum absolute atomic E-state index is 9.59. The molecule has 0 radical (unpaired) electrons. The molecule has 1 rings (SSSR count). The van der Waals surface area contributed by atoms with Gasteiger partial charge in [0.1, 0.15) is 5.75 Å². The molecular formula is C9H9Cl2N3OS. The number of nitrogens with zero attached hydrogens (tertiary/aromatic N) is 1. The summed E-state index contributed by atoms with van der Waals surface area (Å²) in [5.41, 5.74) is 2.95. The summed E-state index contributed by atoms with van der Waals surface area (Å²) in [7, 11) is 1.67. The highest BCUT2D eigenvalue weighted by atomic mass is 35.5. The van der Waals surface area contributed by atoms with E-state index in [1.165, 1.54) is 18.3 Å². The van der Waals surface area contributed by atoms with Gasteiger partial charge in [-0.15, -0.1) is 0 Å². The number of rotatable bonds is 2. The van der Waals surface area contributed by atoms with Crippen LogP contribution in [0.5, 0.6) is 5.75 Å². The Kier molecular flexibility index (Phi) is 4.79. The third-order valence-electron chi connectivity index (χ3n) is 1.65. The van der Waals surface area contributed by atoms with Crippen molar-refractivity contribution < 1.29 is 5.11 Å². The lowest BCUT2D eigenvalue weighted by Crippen LogP contribution is -2.28. The Balaban J connectivity index is 2.85. The third-order valence-corrected chi connectivity index (χ3v) is 2.46. The van der Waals surface area contributed by atoms with Gasteiger partial charge in [0.05, 0.1) is 11.2 Å². The van der Waals surface area contributed by atoms with Gasteiger partial charge in [-0.3, -0.25) is 5.43 Å². The third kappa shape index (κ3) is 3.52. The SMILES string of the molecule is CNC(=S)N/N=C\c1cc(Cl)cc(Cl)c1O. The first kappa shape index (κ1) is 13.0. The van der Waals surface area contributed by atoms with Crippen molar-refractivity contribution in [3.63, 3.8) is 0 Å². The van der Waals surface area contributed by atoms with Crippen molar-refractivity contribution >= 4 is 46.7 Å². The minimum absolute atomic E-state index is 0.0769. The number of benzene rings is 1. The average Bonchev–Trinajstić information content (AvgIpc) is 2.24. The molecule has 1 aromatic rings. The van der Waals surface area contributed by atoms with Crippen LogP contribution in [0.2, 0.25) is 10.0 Å². The van der Waals surface area contributed by atoms with E-state index in [9.17, 15) is 5.11 Å². The molecule has 0 spiro atoms. The fourth-order valence-corrected chi connectivity index (χ4v) is 1.46. The molecule has 0 amide bonds. The van der Waals surface area contributed by atoms with Crippen LogP contribution in [0.3, 0.4) is 0 Å². The zero-order valence-electron chi connectivity index (χ0n) is 8.29. The van der Waals surface area contributed by atoms with Gasteiger partial charge < -0.3 is 10.4 Å². The number of halogens is 2. The van der Waals surface area contributed by atoms with Crippen LogP contribution in [0.1, 0.15) is 5.56 Å². The van der Waals surface area contributed by atoms with Crippen LogP contribution < -0.4 is 10.7 Å². The van der Waals surface area contributed by atoms with E-state index in [0.717, 1.165) is 0 Å². The van der Waals surface area contributed by atoms with Crippen LogP contribution in [0.15, 0.2) is 17.2 Å². The molecule has 0 heterocycles. The van der Waals surface area contributed by atoms with Gasteiger partial charge in [0.2, 0.25) is 0 Å². The second kappa shape index (κ2) is 5.89. The molecule has 0 aliphatic heterocycles. The Morgan fingerprint density at radius 2 is 2.19 bits per heavy atom. The van der Waals surface area contributed by atoms with Gasteiger partial charge >= 0.3 is 0 Å². The fraction of sp³-hybridized carbons (Fsp3) is 0.111. The Labute approximate surface area is 108 Å². The Morgan fingerprint density at radius 3 is 2.81 bits per heavy atom. The van der Waals surface area contributed by atoms with Gasteiger partial charge in [-0.05, 0) is 24.4 Å². The van der Waals surface area contributed by atoms with E-state index in [2.05, 4.69) is 15.8 Å². The zero-order chi connectivity index (χ0) is 12.1. The number of hydrazone groups is 1. The summed E-state index contributed by atoms with van der Waals surface area (Å²) >= 11 is 16.3. The number of aromatic hydroxyl groups is 1. The first-order valence-electron chi connectivity index (χ1n) is 4.23. The molecule has 0 fully saturated rings. The normalized spacial score (nSPS) is 10.4. The molecule has 0 aliphatic carbocycles. The lowest BCUT2D eigenvalue weighted by atomic mass is 10.2. The first-order chi connectivity index (χ1) is 7.54. The Morgan fingerprint density at radius 1 is 1.50 bits per heavy atom. The number of phenols is 1. The molecule has 0 saturated carbocycles. The predicted octanol–water partition coefficient (Wildman–Crippen LogP) is 2.13. The van der Waals surface area contributed by atoms with Crippen molar-refractivity contribution in [1.29, 1.82) is 0 Å². The smallest absolute Gasteiger partial charge is 0.186 e. The molecule has 3 N–H and O–H groups in total. The summed E-state index contributed by atoms with van der Waals surface area (Å²) in [5, 5.41) is 17.0. The summed E-state index contributed by atoms with van der Waals surface area (Å²) in [6, 6.07) is 2.98. The summed E-state index contributed by atoms with van der Waals surface area (Å²) in [6.07, 6.45) is 1.37. The van der Waals surface area contributed by atoms with Crippen LogP contribution in [-0.4, -0.2) is 23.5 Å². The van der Waals surface area contributed by atoms with E-state index >= 15 is 0 Å². The van der Waals surface area contributed by atoms with Gasteiger partial charge in [0.25, 0.3) is 0 Å². The van der Waals surface area contributed by atoms with Gasteiger partial charge in [-0.1, -0.05) is 23.2 Å². The minimum Gasteiger partial charge on any atom is -0.506 e. The van der Waals surface area contributed by atoms with E-state index in [1.807, 2.05) is 0 Å². The second-order valence-corrected chi connectivity index (χ2v) is 4.03. The van der Waals surface area contributed by atoms with Gasteiger partial charge in [-0.2, -0.15) is 5.10 Å². The molecule has 0 bridgehead atoms. The minimum atomic E-state index is -0.0769. The van der Waals surface area contributed by atoms with Gasteiger partial charge in [0.15, 0.2) is 5.11 Å². The van der Waals surface area contributed by atoms with Crippen LogP contribution >= 0.6 is 35.4 Å². The molecule has 4 nitrogen and oxygen atoms in total.